The van der Waals surface area contributed by atoms with Gasteiger partial charge < -0.3 is 14.9 Å². The highest BCUT2D eigenvalue weighted by molar-refractivity contribution is 5.96. The second-order valence-electron chi connectivity index (χ2n) is 2.58. The summed E-state index contributed by atoms with van der Waals surface area (Å²) in [5.74, 6) is -2.54. The van der Waals surface area contributed by atoms with E-state index in [0.29, 0.717) is 0 Å². The quantitative estimate of drug-likeness (QED) is 0.427. The fourth-order valence-corrected chi connectivity index (χ4v) is 1.02. The van der Waals surface area contributed by atoms with Crippen molar-refractivity contribution in [1.29, 1.82) is 0 Å². The van der Waals surface area contributed by atoms with Crippen LogP contribution in [-0.4, -0.2) is 28.2 Å². The van der Waals surface area contributed by atoms with Crippen LogP contribution in [0.25, 0.3) is 0 Å². The minimum absolute atomic E-state index is 0.579. The predicted octanol–water partition coefficient (Wildman–Crippen LogP) is 0.793. The summed E-state index contributed by atoms with van der Waals surface area (Å²) >= 11 is 0. The van der Waals surface area contributed by atoms with Gasteiger partial charge in [-0.3, -0.25) is 10.1 Å². The number of carbonyl (C=O) groups excluding carboxylic acids is 1. The number of nitrogens with zero attached hydrogens (tertiary/aromatic N) is 1. The van der Waals surface area contributed by atoms with Crippen LogP contribution in [0.1, 0.15) is 10.4 Å². The largest absolute Gasteiger partial charge is 0.507 e. The summed E-state index contributed by atoms with van der Waals surface area (Å²) in [6.07, 6.45) is 0. The van der Waals surface area contributed by atoms with Crippen molar-refractivity contribution in [2.45, 2.75) is 0 Å². The molecule has 0 amide bonds. The molecule has 7 heteroatoms. The third-order valence-electron chi connectivity index (χ3n) is 1.72. The van der Waals surface area contributed by atoms with Crippen molar-refractivity contribution < 1.29 is 24.7 Å². The zero-order valence-corrected chi connectivity index (χ0v) is 7.63. The first-order valence-corrected chi connectivity index (χ1v) is 3.76. The molecule has 7 nitrogen and oxygen atoms in total. The summed E-state index contributed by atoms with van der Waals surface area (Å²) in [5.41, 5.74) is -1.29. The zero-order chi connectivity index (χ0) is 11.6. The number of benzene rings is 1. The summed E-state index contributed by atoms with van der Waals surface area (Å²) in [4.78, 5) is 20.6. The Morgan fingerprint density at radius 3 is 2.53 bits per heavy atom. The molecule has 0 bridgehead atoms. The molecule has 0 aliphatic carbocycles. The highest BCUT2D eigenvalue weighted by atomic mass is 16.6. The maximum atomic E-state index is 11.1. The van der Waals surface area contributed by atoms with Crippen molar-refractivity contribution in [3.8, 4) is 11.5 Å². The van der Waals surface area contributed by atoms with Crippen LogP contribution in [-0.2, 0) is 4.74 Å². The molecule has 0 heterocycles. The number of nitro benzene ring substituents is 1. The van der Waals surface area contributed by atoms with Crippen molar-refractivity contribution in [2.75, 3.05) is 7.11 Å². The molecule has 0 aliphatic rings. The summed E-state index contributed by atoms with van der Waals surface area (Å²) in [6.45, 7) is 0. The maximum absolute atomic E-state index is 11.1. The van der Waals surface area contributed by atoms with Gasteiger partial charge in [-0.1, -0.05) is 0 Å². The van der Waals surface area contributed by atoms with Crippen molar-refractivity contribution in [1.82, 2.24) is 0 Å². The highest BCUT2D eigenvalue weighted by Crippen LogP contribution is 2.35. The topological polar surface area (TPSA) is 110 Å². The number of methoxy groups -OCH3 is 1. The van der Waals surface area contributed by atoms with Crippen LogP contribution >= 0.6 is 0 Å². The van der Waals surface area contributed by atoms with Gasteiger partial charge in [-0.25, -0.2) is 4.79 Å². The standard InChI is InChI=1S/C8H7NO6/c1-15-8(12)6-5(10)3-2-4(7(6)11)9(13)14/h2-3,10-11H,1H3. The molecular formula is C8H7NO6. The first-order valence-electron chi connectivity index (χ1n) is 3.76. The molecular weight excluding hydrogens is 206 g/mol. The molecule has 15 heavy (non-hydrogen) atoms. The lowest BCUT2D eigenvalue weighted by molar-refractivity contribution is -0.385. The van der Waals surface area contributed by atoms with E-state index in [9.17, 15) is 25.1 Å². The molecule has 0 saturated heterocycles. The minimum Gasteiger partial charge on any atom is -0.507 e. The van der Waals surface area contributed by atoms with E-state index in [-0.39, 0.29) is 0 Å². The van der Waals surface area contributed by atoms with Crippen LogP contribution in [0.15, 0.2) is 12.1 Å². The number of phenols is 2. The molecule has 0 saturated carbocycles. The predicted molar refractivity (Wildman–Crippen MR) is 47.8 cm³/mol. The minimum atomic E-state index is -1.05. The summed E-state index contributed by atoms with van der Waals surface area (Å²) < 4.78 is 4.25. The Hall–Kier alpha value is -2.31. The van der Waals surface area contributed by atoms with E-state index in [1.54, 1.807) is 0 Å². The number of hydrogen-bond donors (Lipinski definition) is 2. The van der Waals surface area contributed by atoms with E-state index in [1.165, 1.54) is 0 Å². The fourth-order valence-electron chi connectivity index (χ4n) is 1.02. The average molecular weight is 213 g/mol. The van der Waals surface area contributed by atoms with Crippen LogP contribution in [0.3, 0.4) is 0 Å². The Morgan fingerprint density at radius 2 is 2.07 bits per heavy atom. The molecule has 0 aliphatic heterocycles. The van der Waals surface area contributed by atoms with Crippen molar-refractivity contribution in [3.63, 3.8) is 0 Å². The monoisotopic (exact) mass is 213 g/mol. The Kier molecular flexibility index (Phi) is 2.75. The van der Waals surface area contributed by atoms with Gasteiger partial charge in [0.2, 0.25) is 5.75 Å². The van der Waals surface area contributed by atoms with Gasteiger partial charge >= 0.3 is 11.7 Å². The lowest BCUT2D eigenvalue weighted by Gasteiger charge is -2.04. The van der Waals surface area contributed by atoms with Gasteiger partial charge in [0.15, 0.2) is 5.56 Å². The zero-order valence-electron chi connectivity index (χ0n) is 7.63. The van der Waals surface area contributed by atoms with Gasteiger partial charge in [-0.15, -0.1) is 0 Å². The van der Waals surface area contributed by atoms with Crippen molar-refractivity contribution in [2.24, 2.45) is 0 Å². The van der Waals surface area contributed by atoms with E-state index in [1.807, 2.05) is 0 Å². The Bertz CT molecular complexity index is 427. The summed E-state index contributed by atoms with van der Waals surface area (Å²) in [7, 11) is 1.03. The molecule has 0 atom stereocenters. The third kappa shape index (κ3) is 1.80. The number of ether oxygens (including phenoxy) is 1. The van der Waals surface area contributed by atoms with Gasteiger partial charge in [0.25, 0.3) is 0 Å². The van der Waals surface area contributed by atoms with Crippen LogP contribution in [0.2, 0.25) is 0 Å². The molecule has 0 spiro atoms. The summed E-state index contributed by atoms with van der Waals surface area (Å²) in [5, 5.41) is 29.0. The maximum Gasteiger partial charge on any atom is 0.345 e. The lowest BCUT2D eigenvalue weighted by atomic mass is 10.1. The van der Waals surface area contributed by atoms with E-state index < -0.39 is 33.6 Å². The molecule has 0 radical (unpaired) electrons. The van der Waals surface area contributed by atoms with E-state index >= 15 is 0 Å². The number of carbonyl (C=O) groups is 1. The second kappa shape index (κ2) is 3.82. The number of nitro groups is 1. The molecule has 0 fully saturated rings. The Morgan fingerprint density at radius 1 is 1.47 bits per heavy atom. The molecule has 0 unspecified atom stereocenters. The average Bonchev–Trinajstić information content (AvgIpc) is 2.16. The van der Waals surface area contributed by atoms with E-state index in [0.717, 1.165) is 19.2 Å². The Balaban J connectivity index is 3.43. The SMILES string of the molecule is COC(=O)c1c(O)ccc([N+](=O)[O-])c1O. The van der Waals surface area contributed by atoms with Gasteiger partial charge in [0, 0.05) is 6.07 Å². The van der Waals surface area contributed by atoms with Crippen LogP contribution in [0, 0.1) is 10.1 Å². The molecule has 80 valence electrons. The number of hydrogen-bond acceptors (Lipinski definition) is 6. The van der Waals surface area contributed by atoms with Gasteiger partial charge in [0.1, 0.15) is 5.75 Å². The molecule has 0 aromatic heterocycles. The first-order chi connectivity index (χ1) is 6.99. The summed E-state index contributed by atoms with van der Waals surface area (Å²) in [6, 6.07) is 1.82. The molecule has 2 N–H and O–H groups in total. The number of esters is 1. The lowest BCUT2D eigenvalue weighted by Crippen LogP contribution is -2.03. The normalized spacial score (nSPS) is 9.67. The number of rotatable bonds is 2. The van der Waals surface area contributed by atoms with Crippen molar-refractivity contribution >= 4 is 11.7 Å². The number of aromatic hydroxyl groups is 2. The third-order valence-corrected chi connectivity index (χ3v) is 1.72. The van der Waals surface area contributed by atoms with Gasteiger partial charge in [-0.2, -0.15) is 0 Å². The Labute approximate surface area is 83.7 Å². The van der Waals surface area contributed by atoms with Crippen molar-refractivity contribution in [3.05, 3.63) is 27.8 Å². The first kappa shape index (κ1) is 10.8. The smallest absolute Gasteiger partial charge is 0.345 e. The molecule has 1 aromatic rings. The van der Waals surface area contributed by atoms with Crippen LogP contribution < -0.4 is 0 Å². The van der Waals surface area contributed by atoms with Gasteiger partial charge in [0.05, 0.1) is 12.0 Å². The number of phenolic OH excluding ortho intramolecular Hbond substituents is 2. The van der Waals surface area contributed by atoms with Gasteiger partial charge in [-0.05, 0) is 6.07 Å². The molecule has 1 aromatic carbocycles. The van der Waals surface area contributed by atoms with Crippen LogP contribution in [0.4, 0.5) is 5.69 Å². The van der Waals surface area contributed by atoms with E-state index in [2.05, 4.69) is 4.74 Å². The van der Waals surface area contributed by atoms with Crippen LogP contribution in [0.5, 0.6) is 11.5 Å². The fraction of sp³-hybridized carbons (Fsp3) is 0.125. The molecule has 1 rings (SSSR count). The highest BCUT2D eigenvalue weighted by Gasteiger charge is 2.25. The van der Waals surface area contributed by atoms with E-state index in [4.69, 9.17) is 0 Å². The second-order valence-corrected chi connectivity index (χ2v) is 2.58.